The lowest BCUT2D eigenvalue weighted by Crippen LogP contribution is -2.00. The van der Waals surface area contributed by atoms with Gasteiger partial charge >= 0.3 is 0 Å². The largest absolute Gasteiger partial charge is 0.496 e. The molecule has 21 heavy (non-hydrogen) atoms. The number of hydrogen-bond acceptors (Lipinski definition) is 3. The summed E-state index contributed by atoms with van der Waals surface area (Å²) < 4.78 is 5.41. The van der Waals surface area contributed by atoms with E-state index >= 15 is 0 Å². The SMILES string of the molecule is COc1cccc2c1C=C(C)C2c1ccc([N+](=O)[O-])cc1. The zero-order valence-corrected chi connectivity index (χ0v) is 11.9. The lowest BCUT2D eigenvalue weighted by atomic mass is 9.89. The van der Waals surface area contributed by atoms with Crippen molar-refractivity contribution in [3.63, 3.8) is 0 Å². The van der Waals surface area contributed by atoms with E-state index in [0.29, 0.717) is 0 Å². The Morgan fingerprint density at radius 3 is 2.48 bits per heavy atom. The summed E-state index contributed by atoms with van der Waals surface area (Å²) in [7, 11) is 1.66. The number of ether oxygens (including phenoxy) is 1. The van der Waals surface area contributed by atoms with Gasteiger partial charge in [-0.3, -0.25) is 10.1 Å². The highest BCUT2D eigenvalue weighted by molar-refractivity contribution is 5.73. The molecule has 0 spiro atoms. The molecule has 4 nitrogen and oxygen atoms in total. The summed E-state index contributed by atoms with van der Waals surface area (Å²) in [5, 5.41) is 10.8. The summed E-state index contributed by atoms with van der Waals surface area (Å²) in [6.45, 7) is 2.07. The van der Waals surface area contributed by atoms with Crippen molar-refractivity contribution >= 4 is 11.8 Å². The Kier molecular flexibility index (Phi) is 3.22. The van der Waals surface area contributed by atoms with Crippen LogP contribution in [0.25, 0.3) is 6.08 Å². The van der Waals surface area contributed by atoms with Gasteiger partial charge in [-0.1, -0.05) is 35.9 Å². The topological polar surface area (TPSA) is 52.4 Å². The molecule has 0 radical (unpaired) electrons. The lowest BCUT2D eigenvalue weighted by Gasteiger charge is -2.15. The van der Waals surface area contributed by atoms with Gasteiger partial charge in [0.2, 0.25) is 0 Å². The predicted octanol–water partition coefficient (Wildman–Crippen LogP) is 4.15. The number of nitro benzene ring substituents is 1. The molecule has 0 N–H and O–H groups in total. The van der Waals surface area contributed by atoms with Crippen LogP contribution in [0.1, 0.15) is 29.5 Å². The van der Waals surface area contributed by atoms with Crippen LogP contribution in [0.15, 0.2) is 48.0 Å². The summed E-state index contributed by atoms with van der Waals surface area (Å²) in [5.41, 5.74) is 4.66. The molecule has 1 aliphatic carbocycles. The van der Waals surface area contributed by atoms with Crippen molar-refractivity contribution in [2.24, 2.45) is 0 Å². The molecule has 2 aromatic carbocycles. The highest BCUT2D eigenvalue weighted by Gasteiger charge is 2.26. The second kappa shape index (κ2) is 5.05. The highest BCUT2D eigenvalue weighted by atomic mass is 16.6. The van der Waals surface area contributed by atoms with E-state index in [-0.39, 0.29) is 16.5 Å². The van der Waals surface area contributed by atoms with Crippen LogP contribution in [0.3, 0.4) is 0 Å². The lowest BCUT2D eigenvalue weighted by molar-refractivity contribution is -0.384. The maximum Gasteiger partial charge on any atom is 0.269 e. The smallest absolute Gasteiger partial charge is 0.269 e. The Morgan fingerprint density at radius 1 is 1.14 bits per heavy atom. The first-order valence-corrected chi connectivity index (χ1v) is 6.71. The Morgan fingerprint density at radius 2 is 1.86 bits per heavy atom. The average Bonchev–Trinajstić information content (AvgIpc) is 2.83. The maximum absolute atomic E-state index is 10.8. The second-order valence-corrected chi connectivity index (χ2v) is 5.13. The van der Waals surface area contributed by atoms with Crippen molar-refractivity contribution < 1.29 is 9.66 Å². The molecule has 4 heteroatoms. The van der Waals surface area contributed by atoms with Crippen LogP contribution in [-0.4, -0.2) is 12.0 Å². The van der Waals surface area contributed by atoms with E-state index in [1.54, 1.807) is 19.2 Å². The number of rotatable bonds is 3. The van der Waals surface area contributed by atoms with Gasteiger partial charge in [0.15, 0.2) is 0 Å². The fourth-order valence-corrected chi connectivity index (χ4v) is 2.93. The summed E-state index contributed by atoms with van der Waals surface area (Å²) in [4.78, 5) is 10.4. The number of fused-ring (bicyclic) bond motifs is 1. The van der Waals surface area contributed by atoms with Gasteiger partial charge in [-0.05, 0) is 24.1 Å². The molecule has 3 rings (SSSR count). The summed E-state index contributed by atoms with van der Waals surface area (Å²) >= 11 is 0. The zero-order chi connectivity index (χ0) is 15.0. The molecule has 0 aromatic heterocycles. The van der Waals surface area contributed by atoms with E-state index in [4.69, 9.17) is 4.74 Å². The van der Waals surface area contributed by atoms with Crippen molar-refractivity contribution in [1.29, 1.82) is 0 Å². The number of methoxy groups -OCH3 is 1. The molecule has 0 bridgehead atoms. The van der Waals surface area contributed by atoms with Crippen LogP contribution in [0, 0.1) is 10.1 Å². The second-order valence-electron chi connectivity index (χ2n) is 5.13. The van der Waals surface area contributed by atoms with E-state index < -0.39 is 0 Å². The summed E-state index contributed by atoms with van der Waals surface area (Å²) in [6.07, 6.45) is 2.13. The minimum absolute atomic E-state index is 0.115. The van der Waals surface area contributed by atoms with E-state index in [1.807, 2.05) is 24.3 Å². The standard InChI is InChI=1S/C17H15NO3/c1-11-10-15-14(4-3-5-16(15)21-2)17(11)12-6-8-13(9-7-12)18(19)20/h3-10,17H,1-2H3. The Labute approximate surface area is 122 Å². The minimum Gasteiger partial charge on any atom is -0.496 e. The van der Waals surface area contributed by atoms with Crippen molar-refractivity contribution in [2.75, 3.05) is 7.11 Å². The molecule has 1 aliphatic rings. The third-order valence-electron chi connectivity index (χ3n) is 3.90. The average molecular weight is 281 g/mol. The Hall–Kier alpha value is -2.62. The van der Waals surface area contributed by atoms with Crippen molar-refractivity contribution in [1.82, 2.24) is 0 Å². The molecule has 106 valence electrons. The molecule has 1 atom stereocenters. The number of nitro groups is 1. The van der Waals surface area contributed by atoms with Crippen LogP contribution in [0.5, 0.6) is 5.75 Å². The van der Waals surface area contributed by atoms with Crippen molar-refractivity contribution in [3.8, 4) is 5.75 Å². The molecule has 0 aliphatic heterocycles. The van der Waals surface area contributed by atoms with Gasteiger partial charge in [-0.25, -0.2) is 0 Å². The zero-order valence-electron chi connectivity index (χ0n) is 11.9. The van der Waals surface area contributed by atoms with E-state index in [2.05, 4.69) is 19.1 Å². The fourth-order valence-electron chi connectivity index (χ4n) is 2.93. The third kappa shape index (κ3) is 2.18. The molecule has 1 unspecified atom stereocenters. The number of allylic oxidation sites excluding steroid dienone is 1. The van der Waals surface area contributed by atoms with Gasteiger partial charge in [0.1, 0.15) is 5.75 Å². The number of nitrogens with zero attached hydrogens (tertiary/aromatic N) is 1. The Bertz CT molecular complexity index is 732. The van der Waals surface area contributed by atoms with E-state index in [0.717, 1.165) is 16.9 Å². The molecular weight excluding hydrogens is 266 g/mol. The Balaban J connectivity index is 2.05. The first-order valence-electron chi connectivity index (χ1n) is 6.71. The number of non-ortho nitro benzene ring substituents is 1. The number of benzene rings is 2. The van der Waals surface area contributed by atoms with Crippen LogP contribution >= 0.6 is 0 Å². The molecule has 2 aromatic rings. The van der Waals surface area contributed by atoms with Crippen LogP contribution in [0.2, 0.25) is 0 Å². The normalized spacial score (nSPS) is 16.3. The summed E-state index contributed by atoms with van der Waals surface area (Å²) in [5.74, 6) is 0.993. The minimum atomic E-state index is -0.377. The predicted molar refractivity (Wildman–Crippen MR) is 81.6 cm³/mol. The van der Waals surface area contributed by atoms with Crippen LogP contribution in [0.4, 0.5) is 5.69 Å². The van der Waals surface area contributed by atoms with Crippen LogP contribution < -0.4 is 4.74 Å². The first-order chi connectivity index (χ1) is 10.1. The first kappa shape index (κ1) is 13.4. The quantitative estimate of drug-likeness (QED) is 0.627. The van der Waals surface area contributed by atoms with Gasteiger partial charge < -0.3 is 4.74 Å². The monoisotopic (exact) mass is 281 g/mol. The van der Waals surface area contributed by atoms with E-state index in [1.165, 1.54) is 11.1 Å². The molecule has 0 saturated carbocycles. The molecule has 0 heterocycles. The molecular formula is C17H15NO3. The van der Waals surface area contributed by atoms with Gasteiger partial charge in [0, 0.05) is 23.6 Å². The van der Waals surface area contributed by atoms with Gasteiger partial charge in [-0.2, -0.15) is 0 Å². The summed E-state index contributed by atoms with van der Waals surface area (Å²) in [6, 6.07) is 12.8. The maximum atomic E-state index is 10.8. The van der Waals surface area contributed by atoms with Crippen molar-refractivity contribution in [2.45, 2.75) is 12.8 Å². The number of hydrogen-bond donors (Lipinski definition) is 0. The highest BCUT2D eigenvalue weighted by Crippen LogP contribution is 2.44. The van der Waals surface area contributed by atoms with Crippen molar-refractivity contribution in [3.05, 3.63) is 74.8 Å². The van der Waals surface area contributed by atoms with Crippen LogP contribution in [-0.2, 0) is 0 Å². The third-order valence-corrected chi connectivity index (χ3v) is 3.90. The van der Waals surface area contributed by atoms with Gasteiger partial charge in [0.05, 0.1) is 12.0 Å². The van der Waals surface area contributed by atoms with Gasteiger partial charge in [-0.15, -0.1) is 0 Å². The molecule has 0 fully saturated rings. The fraction of sp³-hybridized carbons (Fsp3) is 0.176. The van der Waals surface area contributed by atoms with Gasteiger partial charge in [0.25, 0.3) is 5.69 Å². The van der Waals surface area contributed by atoms with E-state index in [9.17, 15) is 10.1 Å². The molecule has 0 saturated heterocycles. The molecule has 0 amide bonds.